The van der Waals surface area contributed by atoms with E-state index in [0.29, 0.717) is 18.7 Å². The van der Waals surface area contributed by atoms with E-state index >= 15 is 0 Å². The fourth-order valence-electron chi connectivity index (χ4n) is 2.13. The van der Waals surface area contributed by atoms with Gasteiger partial charge in [-0.25, -0.2) is 4.98 Å². The van der Waals surface area contributed by atoms with Crippen LogP contribution in [0.5, 0.6) is 0 Å². The minimum atomic E-state index is -0.0393. The third-order valence-corrected chi connectivity index (χ3v) is 3.20. The second-order valence-corrected chi connectivity index (χ2v) is 4.83. The van der Waals surface area contributed by atoms with Crippen LogP contribution in [-0.2, 0) is 13.1 Å². The first-order chi connectivity index (χ1) is 10.2. The molecule has 0 aliphatic rings. The van der Waals surface area contributed by atoms with Gasteiger partial charge in [-0.3, -0.25) is 4.79 Å². The molecule has 0 atom stereocenters. The van der Waals surface area contributed by atoms with Gasteiger partial charge in [-0.05, 0) is 37.6 Å². The molecule has 0 spiro atoms. The van der Waals surface area contributed by atoms with Crippen molar-refractivity contribution in [2.24, 2.45) is 0 Å². The average molecular weight is 286 g/mol. The number of imidazole rings is 1. The summed E-state index contributed by atoms with van der Waals surface area (Å²) >= 11 is 0. The van der Waals surface area contributed by atoms with Crippen LogP contribution in [0.1, 0.15) is 36.5 Å². The zero-order chi connectivity index (χ0) is 15.1. The van der Waals surface area contributed by atoms with Crippen molar-refractivity contribution in [2.45, 2.75) is 33.4 Å². The van der Waals surface area contributed by atoms with E-state index in [1.807, 2.05) is 43.6 Å². The van der Waals surface area contributed by atoms with Crippen LogP contribution in [0.25, 0.3) is 0 Å². The van der Waals surface area contributed by atoms with Gasteiger partial charge < -0.3 is 15.2 Å². The van der Waals surface area contributed by atoms with E-state index in [1.165, 1.54) is 0 Å². The van der Waals surface area contributed by atoms with Gasteiger partial charge in [-0.2, -0.15) is 0 Å². The predicted octanol–water partition coefficient (Wildman–Crippen LogP) is 2.65. The van der Waals surface area contributed by atoms with E-state index in [0.717, 1.165) is 24.5 Å². The van der Waals surface area contributed by atoms with Gasteiger partial charge in [-0.1, -0.05) is 6.92 Å². The smallest absolute Gasteiger partial charge is 0.251 e. The Kier molecular flexibility index (Phi) is 5.37. The number of hydrogen-bond acceptors (Lipinski definition) is 3. The summed E-state index contributed by atoms with van der Waals surface area (Å²) in [6, 6.07) is 7.48. The first kappa shape index (κ1) is 15.1. The quantitative estimate of drug-likeness (QED) is 0.822. The minimum absolute atomic E-state index is 0.0393. The van der Waals surface area contributed by atoms with Gasteiger partial charge in [0.2, 0.25) is 0 Å². The number of anilines is 1. The normalized spacial score (nSPS) is 10.4. The highest BCUT2D eigenvalue weighted by Gasteiger charge is 2.04. The summed E-state index contributed by atoms with van der Waals surface area (Å²) in [6.45, 7) is 6.35. The summed E-state index contributed by atoms with van der Waals surface area (Å²) in [4.78, 5) is 16.0. The number of nitrogens with one attached hydrogen (secondary N) is 2. The Labute approximate surface area is 125 Å². The van der Waals surface area contributed by atoms with E-state index in [-0.39, 0.29) is 5.91 Å². The largest absolute Gasteiger partial charge is 0.378 e. The molecule has 1 aromatic heterocycles. The maximum absolute atomic E-state index is 11.7. The second kappa shape index (κ2) is 7.47. The topological polar surface area (TPSA) is 59.0 Å². The molecule has 112 valence electrons. The molecule has 0 radical (unpaired) electrons. The van der Waals surface area contributed by atoms with Crippen molar-refractivity contribution < 1.29 is 4.79 Å². The zero-order valence-corrected chi connectivity index (χ0v) is 12.6. The molecule has 1 heterocycles. The number of rotatable bonds is 7. The number of aryl methyl sites for hydroxylation is 1. The van der Waals surface area contributed by atoms with Crippen LogP contribution >= 0.6 is 0 Å². The van der Waals surface area contributed by atoms with Crippen LogP contribution < -0.4 is 10.6 Å². The maximum Gasteiger partial charge on any atom is 0.251 e. The molecule has 0 bridgehead atoms. The van der Waals surface area contributed by atoms with E-state index in [1.54, 1.807) is 0 Å². The Morgan fingerprint density at radius 3 is 2.67 bits per heavy atom. The Bertz CT molecular complexity index is 574. The Balaban J connectivity index is 1.94. The number of carbonyl (C=O) groups excluding carboxylic acids is 1. The maximum atomic E-state index is 11.7. The molecule has 0 saturated carbocycles. The number of benzene rings is 1. The summed E-state index contributed by atoms with van der Waals surface area (Å²) in [7, 11) is 0. The predicted molar refractivity (Wildman–Crippen MR) is 84.3 cm³/mol. The van der Waals surface area contributed by atoms with Crippen LogP contribution in [0.2, 0.25) is 0 Å². The molecular weight excluding hydrogens is 264 g/mol. The highest BCUT2D eigenvalue weighted by molar-refractivity contribution is 5.94. The highest BCUT2D eigenvalue weighted by atomic mass is 16.1. The number of amides is 1. The number of carbonyl (C=O) groups is 1. The summed E-state index contributed by atoms with van der Waals surface area (Å²) < 4.78 is 2.15. The van der Waals surface area contributed by atoms with Gasteiger partial charge in [0, 0.05) is 36.7 Å². The lowest BCUT2D eigenvalue weighted by atomic mass is 10.2. The van der Waals surface area contributed by atoms with Gasteiger partial charge in [0.1, 0.15) is 5.82 Å². The van der Waals surface area contributed by atoms with Gasteiger partial charge in [0.25, 0.3) is 5.91 Å². The molecule has 5 nitrogen and oxygen atoms in total. The Morgan fingerprint density at radius 1 is 1.24 bits per heavy atom. The second-order valence-electron chi connectivity index (χ2n) is 4.83. The molecule has 2 rings (SSSR count). The molecule has 21 heavy (non-hydrogen) atoms. The van der Waals surface area contributed by atoms with Crippen LogP contribution in [0.4, 0.5) is 5.69 Å². The van der Waals surface area contributed by atoms with Crippen molar-refractivity contribution in [3.8, 4) is 0 Å². The van der Waals surface area contributed by atoms with Gasteiger partial charge in [0.15, 0.2) is 0 Å². The molecule has 0 aliphatic heterocycles. The van der Waals surface area contributed by atoms with E-state index in [2.05, 4.69) is 27.1 Å². The van der Waals surface area contributed by atoms with Crippen molar-refractivity contribution in [2.75, 3.05) is 11.9 Å². The summed E-state index contributed by atoms with van der Waals surface area (Å²) in [5.41, 5.74) is 1.66. The molecule has 2 aromatic rings. The highest BCUT2D eigenvalue weighted by Crippen LogP contribution is 2.11. The van der Waals surface area contributed by atoms with Crippen LogP contribution in [0.15, 0.2) is 36.7 Å². The van der Waals surface area contributed by atoms with Crippen molar-refractivity contribution in [3.63, 3.8) is 0 Å². The molecule has 0 saturated heterocycles. The lowest BCUT2D eigenvalue weighted by Crippen LogP contribution is -2.22. The molecule has 1 aromatic carbocycles. The van der Waals surface area contributed by atoms with Gasteiger partial charge in [-0.15, -0.1) is 0 Å². The third kappa shape index (κ3) is 4.08. The monoisotopic (exact) mass is 286 g/mol. The Morgan fingerprint density at radius 2 is 2.00 bits per heavy atom. The summed E-state index contributed by atoms with van der Waals surface area (Å²) in [6.07, 6.45) is 4.91. The molecule has 0 unspecified atom stereocenters. The molecule has 5 heteroatoms. The minimum Gasteiger partial charge on any atom is -0.378 e. The van der Waals surface area contributed by atoms with Gasteiger partial charge >= 0.3 is 0 Å². The van der Waals surface area contributed by atoms with Crippen molar-refractivity contribution in [3.05, 3.63) is 48.0 Å². The fourth-order valence-corrected chi connectivity index (χ4v) is 2.13. The van der Waals surface area contributed by atoms with Crippen molar-refractivity contribution >= 4 is 11.6 Å². The SMILES string of the molecule is CCCn1ccnc1CNc1ccc(C(=O)NCC)cc1. The average Bonchev–Trinajstić information content (AvgIpc) is 2.94. The first-order valence-electron chi connectivity index (χ1n) is 7.36. The molecule has 2 N–H and O–H groups in total. The van der Waals surface area contributed by atoms with Crippen LogP contribution in [0, 0.1) is 0 Å². The third-order valence-electron chi connectivity index (χ3n) is 3.20. The van der Waals surface area contributed by atoms with E-state index in [9.17, 15) is 4.79 Å². The summed E-state index contributed by atoms with van der Waals surface area (Å²) in [5.74, 6) is 0.979. The lowest BCUT2D eigenvalue weighted by Gasteiger charge is -2.09. The summed E-state index contributed by atoms with van der Waals surface area (Å²) in [5, 5.41) is 6.11. The fraction of sp³-hybridized carbons (Fsp3) is 0.375. The number of nitrogens with zero attached hydrogens (tertiary/aromatic N) is 2. The molecular formula is C16H22N4O. The van der Waals surface area contributed by atoms with Crippen molar-refractivity contribution in [1.29, 1.82) is 0 Å². The number of aromatic nitrogens is 2. The van der Waals surface area contributed by atoms with Gasteiger partial charge in [0.05, 0.1) is 6.54 Å². The molecule has 1 amide bonds. The zero-order valence-electron chi connectivity index (χ0n) is 12.6. The van der Waals surface area contributed by atoms with Crippen LogP contribution in [-0.4, -0.2) is 22.0 Å². The van der Waals surface area contributed by atoms with E-state index < -0.39 is 0 Å². The van der Waals surface area contributed by atoms with Crippen molar-refractivity contribution in [1.82, 2.24) is 14.9 Å². The number of hydrogen-bond donors (Lipinski definition) is 2. The standard InChI is InChI=1S/C16H22N4O/c1-3-10-20-11-9-18-15(20)12-19-14-7-5-13(6-8-14)16(21)17-4-2/h5-9,11,19H,3-4,10,12H2,1-2H3,(H,17,21). The molecule has 0 fully saturated rings. The first-order valence-corrected chi connectivity index (χ1v) is 7.36. The van der Waals surface area contributed by atoms with E-state index in [4.69, 9.17) is 0 Å². The van der Waals surface area contributed by atoms with Crippen LogP contribution in [0.3, 0.4) is 0 Å². The Hall–Kier alpha value is -2.30. The lowest BCUT2D eigenvalue weighted by molar-refractivity contribution is 0.0956. The molecule has 0 aliphatic carbocycles.